The van der Waals surface area contributed by atoms with Crippen LogP contribution in [-0.2, 0) is 14.3 Å². The molecular weight excluding hydrogens is 258 g/mol. The number of hydrogen-bond donors (Lipinski definition) is 0. The minimum Gasteiger partial charge on any atom is -0.373 e. The van der Waals surface area contributed by atoms with Crippen LogP contribution < -0.4 is 0 Å². The zero-order valence-electron chi connectivity index (χ0n) is 10.9. The van der Waals surface area contributed by atoms with Gasteiger partial charge in [-0.2, -0.15) is 0 Å². The number of nitrogens with zero attached hydrogens (tertiary/aromatic N) is 2. The molecule has 0 unspecified atom stereocenters. The Hall–Kier alpha value is -1.24. The van der Waals surface area contributed by atoms with Crippen LogP contribution in [0.15, 0.2) is 0 Å². The van der Waals surface area contributed by atoms with Crippen LogP contribution in [0.2, 0.25) is 0 Å². The van der Waals surface area contributed by atoms with Crippen molar-refractivity contribution in [2.75, 3.05) is 39.9 Å². The van der Waals surface area contributed by atoms with E-state index in [0.717, 1.165) is 4.90 Å². The van der Waals surface area contributed by atoms with Crippen molar-refractivity contribution in [2.45, 2.75) is 18.8 Å². The molecule has 2 rings (SSSR count). The Morgan fingerprint density at radius 3 is 2.84 bits per heavy atom. The molecular formula is C12H18F2N2O3. The number of hydrogen-bond acceptors (Lipinski definition) is 3. The van der Waals surface area contributed by atoms with Gasteiger partial charge in [0.25, 0.3) is 5.92 Å². The molecule has 0 spiro atoms. The summed E-state index contributed by atoms with van der Waals surface area (Å²) in [6.07, 6.45) is 0.641. The van der Waals surface area contributed by atoms with Gasteiger partial charge in [-0.3, -0.25) is 9.59 Å². The van der Waals surface area contributed by atoms with Crippen LogP contribution in [0.4, 0.5) is 8.78 Å². The molecule has 7 heteroatoms. The molecule has 5 nitrogen and oxygen atoms in total. The van der Waals surface area contributed by atoms with Crippen LogP contribution in [0.5, 0.6) is 0 Å². The maximum atomic E-state index is 13.4. The van der Waals surface area contributed by atoms with Crippen LogP contribution in [0.3, 0.4) is 0 Å². The van der Waals surface area contributed by atoms with Crippen LogP contribution in [0, 0.1) is 5.92 Å². The summed E-state index contributed by atoms with van der Waals surface area (Å²) in [5, 5.41) is 0. The Kier molecular flexibility index (Phi) is 4.03. The lowest BCUT2D eigenvalue weighted by Crippen LogP contribution is -2.47. The molecule has 0 aromatic rings. The molecule has 2 heterocycles. The lowest BCUT2D eigenvalue weighted by atomic mass is 9.95. The number of rotatable bonds is 1. The molecule has 19 heavy (non-hydrogen) atoms. The van der Waals surface area contributed by atoms with E-state index in [9.17, 15) is 18.4 Å². The normalized spacial score (nSPS) is 28.2. The summed E-state index contributed by atoms with van der Waals surface area (Å²) in [6.45, 7) is -0.498. The van der Waals surface area contributed by atoms with E-state index >= 15 is 0 Å². The van der Waals surface area contributed by atoms with Crippen molar-refractivity contribution in [3.8, 4) is 0 Å². The number of halogens is 2. The van der Waals surface area contributed by atoms with E-state index < -0.39 is 25.0 Å². The predicted molar refractivity (Wildman–Crippen MR) is 62.7 cm³/mol. The first-order valence-corrected chi connectivity index (χ1v) is 6.37. The summed E-state index contributed by atoms with van der Waals surface area (Å²) < 4.78 is 31.6. The summed E-state index contributed by atoms with van der Waals surface area (Å²) in [5.41, 5.74) is 0. The highest BCUT2D eigenvalue weighted by molar-refractivity contribution is 5.87. The number of alkyl halides is 2. The fourth-order valence-corrected chi connectivity index (χ4v) is 2.40. The van der Waals surface area contributed by atoms with Gasteiger partial charge < -0.3 is 14.5 Å². The maximum Gasteiger partial charge on any atom is 0.288 e. The van der Waals surface area contributed by atoms with E-state index in [0.29, 0.717) is 13.0 Å². The summed E-state index contributed by atoms with van der Waals surface area (Å²) in [6, 6.07) is 0. The topological polar surface area (TPSA) is 49.9 Å². The Bertz CT molecular complexity index is 376. The van der Waals surface area contributed by atoms with Crippen molar-refractivity contribution in [1.82, 2.24) is 9.80 Å². The van der Waals surface area contributed by atoms with Gasteiger partial charge >= 0.3 is 0 Å². The average Bonchev–Trinajstić information content (AvgIpc) is 2.53. The number of carbonyl (C=O) groups is 2. The monoisotopic (exact) mass is 276 g/mol. The molecule has 1 atom stereocenters. The van der Waals surface area contributed by atoms with E-state index in [1.165, 1.54) is 0 Å². The summed E-state index contributed by atoms with van der Waals surface area (Å²) in [4.78, 5) is 26.5. The quantitative estimate of drug-likeness (QED) is 0.694. The minimum atomic E-state index is -3.01. The van der Waals surface area contributed by atoms with Gasteiger partial charge in [-0.15, -0.1) is 0 Å². The van der Waals surface area contributed by atoms with Gasteiger partial charge in [0.2, 0.25) is 11.8 Å². The third-order valence-electron chi connectivity index (χ3n) is 3.56. The number of piperidine rings is 1. The Morgan fingerprint density at radius 2 is 2.16 bits per heavy atom. The van der Waals surface area contributed by atoms with Crippen LogP contribution in [0.25, 0.3) is 0 Å². The second-order valence-electron chi connectivity index (χ2n) is 5.17. The molecule has 2 aliphatic rings. The SMILES string of the molecule is CN1CC[C@H](C(=O)N2CCOCC(F)(F)C2)CC1=O. The van der Waals surface area contributed by atoms with E-state index in [2.05, 4.69) is 0 Å². The van der Waals surface area contributed by atoms with Crippen LogP contribution >= 0.6 is 0 Å². The van der Waals surface area contributed by atoms with E-state index in [1.807, 2.05) is 0 Å². The highest BCUT2D eigenvalue weighted by Crippen LogP contribution is 2.24. The van der Waals surface area contributed by atoms with Gasteiger partial charge in [0, 0.05) is 32.5 Å². The molecule has 0 aromatic carbocycles. The number of carbonyl (C=O) groups excluding carboxylic acids is 2. The maximum absolute atomic E-state index is 13.4. The summed E-state index contributed by atoms with van der Waals surface area (Å²) in [5.74, 6) is -3.95. The lowest BCUT2D eigenvalue weighted by Gasteiger charge is -2.32. The highest BCUT2D eigenvalue weighted by atomic mass is 19.3. The third kappa shape index (κ3) is 3.40. The molecule has 0 N–H and O–H groups in total. The Morgan fingerprint density at radius 1 is 1.42 bits per heavy atom. The first-order chi connectivity index (χ1) is 8.89. The Labute approximate surface area is 110 Å². The largest absolute Gasteiger partial charge is 0.373 e. The third-order valence-corrected chi connectivity index (χ3v) is 3.56. The van der Waals surface area contributed by atoms with Gasteiger partial charge in [-0.1, -0.05) is 0 Å². The zero-order chi connectivity index (χ0) is 14.0. The van der Waals surface area contributed by atoms with Gasteiger partial charge in [-0.25, -0.2) is 8.78 Å². The number of amides is 2. The van der Waals surface area contributed by atoms with Crippen molar-refractivity contribution < 1.29 is 23.1 Å². The fraction of sp³-hybridized carbons (Fsp3) is 0.833. The molecule has 2 aliphatic heterocycles. The van der Waals surface area contributed by atoms with Crippen molar-refractivity contribution >= 4 is 11.8 Å². The average molecular weight is 276 g/mol. The number of likely N-dealkylation sites (tertiary alicyclic amines) is 1. The molecule has 0 saturated carbocycles. The second kappa shape index (κ2) is 5.40. The zero-order valence-corrected chi connectivity index (χ0v) is 10.9. The van der Waals surface area contributed by atoms with E-state index in [1.54, 1.807) is 11.9 Å². The van der Waals surface area contributed by atoms with Gasteiger partial charge in [0.15, 0.2) is 0 Å². The first kappa shape index (κ1) is 14.2. The first-order valence-electron chi connectivity index (χ1n) is 6.37. The second-order valence-corrected chi connectivity index (χ2v) is 5.17. The fourth-order valence-electron chi connectivity index (χ4n) is 2.40. The smallest absolute Gasteiger partial charge is 0.288 e. The Balaban J connectivity index is 2.00. The molecule has 0 bridgehead atoms. The highest BCUT2D eigenvalue weighted by Gasteiger charge is 2.39. The van der Waals surface area contributed by atoms with Crippen LogP contribution in [0.1, 0.15) is 12.8 Å². The van der Waals surface area contributed by atoms with Gasteiger partial charge in [-0.05, 0) is 6.42 Å². The molecule has 0 radical (unpaired) electrons. The molecule has 108 valence electrons. The van der Waals surface area contributed by atoms with Gasteiger partial charge in [0.05, 0.1) is 13.2 Å². The molecule has 0 aliphatic carbocycles. The lowest BCUT2D eigenvalue weighted by molar-refractivity contribution is -0.147. The van der Waals surface area contributed by atoms with Crippen molar-refractivity contribution in [3.63, 3.8) is 0 Å². The minimum absolute atomic E-state index is 0.109. The van der Waals surface area contributed by atoms with Crippen LogP contribution in [-0.4, -0.2) is 67.4 Å². The van der Waals surface area contributed by atoms with Gasteiger partial charge in [0.1, 0.15) is 6.61 Å². The van der Waals surface area contributed by atoms with Crippen molar-refractivity contribution in [2.24, 2.45) is 5.92 Å². The standard InChI is InChI=1S/C12H18F2N2O3/c1-15-3-2-9(6-10(15)17)11(18)16-4-5-19-8-12(13,14)7-16/h9H,2-8H2,1H3/t9-/m0/s1. The number of ether oxygens (including phenoxy) is 1. The van der Waals surface area contributed by atoms with E-state index in [-0.39, 0.29) is 31.4 Å². The summed E-state index contributed by atoms with van der Waals surface area (Å²) in [7, 11) is 1.68. The molecule has 0 aromatic heterocycles. The molecule has 2 amide bonds. The molecule has 2 fully saturated rings. The van der Waals surface area contributed by atoms with E-state index in [4.69, 9.17) is 4.74 Å². The summed E-state index contributed by atoms with van der Waals surface area (Å²) >= 11 is 0. The van der Waals surface area contributed by atoms with Crippen molar-refractivity contribution in [1.29, 1.82) is 0 Å². The molecule has 2 saturated heterocycles. The predicted octanol–water partition coefficient (Wildman–Crippen LogP) is 0.349. The van der Waals surface area contributed by atoms with Crippen molar-refractivity contribution in [3.05, 3.63) is 0 Å².